The average molecular weight is 285 g/mol. The highest BCUT2D eigenvalue weighted by Crippen LogP contribution is 2.21. The van der Waals surface area contributed by atoms with Crippen LogP contribution in [0.3, 0.4) is 0 Å². The van der Waals surface area contributed by atoms with Gasteiger partial charge in [0.2, 0.25) is 0 Å². The van der Waals surface area contributed by atoms with Crippen molar-refractivity contribution in [2.75, 3.05) is 13.2 Å². The first kappa shape index (κ1) is 12.8. The molecule has 0 saturated heterocycles. The van der Waals surface area contributed by atoms with Gasteiger partial charge in [-0.1, -0.05) is 22.5 Å². The van der Waals surface area contributed by atoms with Crippen LogP contribution in [-0.4, -0.2) is 19.5 Å². The molecule has 16 heavy (non-hydrogen) atoms. The van der Waals surface area contributed by atoms with E-state index in [4.69, 9.17) is 9.47 Å². The molecule has 0 bridgehead atoms. The predicted molar refractivity (Wildman–Crippen MR) is 65.8 cm³/mol. The molecule has 0 amide bonds. The van der Waals surface area contributed by atoms with E-state index in [2.05, 4.69) is 22.5 Å². The average Bonchev–Trinajstić information content (AvgIpc) is 2.30. The van der Waals surface area contributed by atoms with Crippen LogP contribution < -0.4 is 4.74 Å². The van der Waals surface area contributed by atoms with Crippen LogP contribution in [0.25, 0.3) is 0 Å². The molecule has 0 aliphatic rings. The van der Waals surface area contributed by atoms with Crippen LogP contribution in [0, 0.1) is 0 Å². The topological polar surface area (TPSA) is 35.5 Å². The summed E-state index contributed by atoms with van der Waals surface area (Å²) in [7, 11) is 0. The third-order valence-electron chi connectivity index (χ3n) is 1.88. The molecule has 3 nitrogen and oxygen atoms in total. The molecule has 1 aromatic rings. The number of rotatable bonds is 7. The maximum absolute atomic E-state index is 10.8. The van der Waals surface area contributed by atoms with Crippen molar-refractivity contribution in [3.8, 4) is 5.75 Å². The number of aldehydes is 1. The summed E-state index contributed by atoms with van der Waals surface area (Å²) in [6.07, 6.45) is 2.93. The van der Waals surface area contributed by atoms with Gasteiger partial charge in [-0.25, -0.2) is 0 Å². The molecule has 0 saturated carbocycles. The van der Waals surface area contributed by atoms with Gasteiger partial charge in [0.25, 0.3) is 0 Å². The first-order valence-electron chi connectivity index (χ1n) is 4.88. The highest BCUT2D eigenvalue weighted by Gasteiger charge is 2.03. The molecule has 0 unspecified atom stereocenters. The van der Waals surface area contributed by atoms with E-state index >= 15 is 0 Å². The van der Waals surface area contributed by atoms with E-state index in [0.717, 1.165) is 17.2 Å². The van der Waals surface area contributed by atoms with Gasteiger partial charge in [0.1, 0.15) is 5.75 Å². The first-order valence-corrected chi connectivity index (χ1v) is 5.67. The number of ether oxygens (including phenoxy) is 2. The van der Waals surface area contributed by atoms with E-state index in [1.807, 2.05) is 6.07 Å². The van der Waals surface area contributed by atoms with Crippen LogP contribution in [-0.2, 0) is 4.74 Å². The Bertz CT molecular complexity index is 363. The molecule has 0 aliphatic heterocycles. The predicted octanol–water partition coefficient (Wildman–Crippen LogP) is 3.19. The minimum Gasteiger partial charge on any atom is -0.502 e. The molecule has 0 N–H and O–H groups in total. The van der Waals surface area contributed by atoms with Crippen molar-refractivity contribution >= 4 is 22.2 Å². The zero-order valence-electron chi connectivity index (χ0n) is 8.82. The maximum atomic E-state index is 10.8. The Hall–Kier alpha value is -1.29. The quantitative estimate of drug-likeness (QED) is 0.438. The lowest BCUT2D eigenvalue weighted by Crippen LogP contribution is -2.02. The summed E-state index contributed by atoms with van der Waals surface area (Å²) in [5.74, 6) is 0.594. The molecule has 0 heterocycles. The van der Waals surface area contributed by atoms with Gasteiger partial charge in [-0.2, -0.15) is 0 Å². The summed E-state index contributed by atoms with van der Waals surface area (Å²) in [5.41, 5.74) is 0.541. The van der Waals surface area contributed by atoms with Crippen molar-refractivity contribution in [3.05, 3.63) is 41.1 Å². The lowest BCUT2D eigenvalue weighted by Gasteiger charge is -2.08. The third-order valence-corrected chi connectivity index (χ3v) is 2.37. The Morgan fingerprint density at radius 2 is 2.19 bits per heavy atom. The summed E-state index contributed by atoms with van der Waals surface area (Å²) in [6, 6.07) is 5.33. The van der Waals surface area contributed by atoms with Gasteiger partial charge in [0.15, 0.2) is 6.29 Å². The Labute approximate surface area is 103 Å². The van der Waals surface area contributed by atoms with Crippen LogP contribution in [0.5, 0.6) is 5.75 Å². The lowest BCUT2D eigenvalue weighted by molar-refractivity contribution is 0.111. The molecule has 0 aromatic heterocycles. The Morgan fingerprint density at radius 1 is 1.38 bits per heavy atom. The smallest absolute Gasteiger partial charge is 0.153 e. The zero-order chi connectivity index (χ0) is 11.8. The summed E-state index contributed by atoms with van der Waals surface area (Å²) in [6.45, 7) is 4.52. The van der Waals surface area contributed by atoms with E-state index in [0.29, 0.717) is 24.5 Å². The molecule has 0 radical (unpaired) electrons. The van der Waals surface area contributed by atoms with Crippen molar-refractivity contribution in [2.45, 2.75) is 6.42 Å². The van der Waals surface area contributed by atoms with Crippen LogP contribution in [0.4, 0.5) is 0 Å². The largest absolute Gasteiger partial charge is 0.502 e. The molecule has 4 heteroatoms. The van der Waals surface area contributed by atoms with Crippen molar-refractivity contribution < 1.29 is 14.3 Å². The van der Waals surface area contributed by atoms with Crippen molar-refractivity contribution in [3.63, 3.8) is 0 Å². The van der Waals surface area contributed by atoms with Crippen molar-refractivity contribution in [1.29, 1.82) is 0 Å². The van der Waals surface area contributed by atoms with Gasteiger partial charge in [0, 0.05) is 10.9 Å². The summed E-state index contributed by atoms with van der Waals surface area (Å²) in [4.78, 5) is 10.8. The van der Waals surface area contributed by atoms with E-state index in [9.17, 15) is 4.79 Å². The molecule has 0 aliphatic carbocycles. The molecule has 0 spiro atoms. The second-order valence-corrected chi connectivity index (χ2v) is 3.96. The first-order chi connectivity index (χ1) is 7.77. The SMILES string of the molecule is C=COCCCOc1ccc(Br)cc1C=O. The monoisotopic (exact) mass is 284 g/mol. The second kappa shape index (κ2) is 7.06. The molecular weight excluding hydrogens is 272 g/mol. The van der Waals surface area contributed by atoms with Crippen molar-refractivity contribution in [1.82, 2.24) is 0 Å². The zero-order valence-corrected chi connectivity index (χ0v) is 10.4. The van der Waals surface area contributed by atoms with E-state index in [1.54, 1.807) is 12.1 Å². The fourth-order valence-corrected chi connectivity index (χ4v) is 1.53. The van der Waals surface area contributed by atoms with Gasteiger partial charge >= 0.3 is 0 Å². The summed E-state index contributed by atoms with van der Waals surface area (Å²) in [5, 5.41) is 0. The normalized spacial score (nSPS) is 9.56. The molecule has 86 valence electrons. The van der Waals surface area contributed by atoms with Crippen molar-refractivity contribution in [2.24, 2.45) is 0 Å². The third kappa shape index (κ3) is 4.06. The van der Waals surface area contributed by atoms with Gasteiger partial charge < -0.3 is 9.47 Å². The molecule has 0 atom stereocenters. The molecule has 0 fully saturated rings. The van der Waals surface area contributed by atoms with Crippen LogP contribution in [0.1, 0.15) is 16.8 Å². The van der Waals surface area contributed by atoms with E-state index < -0.39 is 0 Å². The number of benzene rings is 1. The number of halogens is 1. The number of hydrogen-bond donors (Lipinski definition) is 0. The number of hydrogen-bond acceptors (Lipinski definition) is 3. The minimum absolute atomic E-state index is 0.510. The Kier molecular flexibility index (Phi) is 5.64. The Balaban J connectivity index is 2.46. The van der Waals surface area contributed by atoms with Crippen LogP contribution in [0.15, 0.2) is 35.5 Å². The van der Waals surface area contributed by atoms with E-state index in [1.165, 1.54) is 6.26 Å². The highest BCUT2D eigenvalue weighted by molar-refractivity contribution is 9.10. The standard InChI is InChI=1S/C12H13BrO3/c1-2-15-6-3-7-16-12-5-4-11(13)8-10(12)9-14/h2,4-5,8-9H,1,3,6-7H2. The lowest BCUT2D eigenvalue weighted by atomic mass is 10.2. The van der Waals surface area contributed by atoms with Gasteiger partial charge in [-0.05, 0) is 18.2 Å². The summed E-state index contributed by atoms with van der Waals surface area (Å²) >= 11 is 3.29. The summed E-state index contributed by atoms with van der Waals surface area (Å²) < 4.78 is 11.3. The highest BCUT2D eigenvalue weighted by atomic mass is 79.9. The van der Waals surface area contributed by atoms with Crippen LogP contribution >= 0.6 is 15.9 Å². The van der Waals surface area contributed by atoms with Gasteiger partial charge in [-0.3, -0.25) is 4.79 Å². The fourth-order valence-electron chi connectivity index (χ4n) is 1.15. The Morgan fingerprint density at radius 3 is 2.88 bits per heavy atom. The molecule has 1 aromatic carbocycles. The molecular formula is C12H13BrO3. The van der Waals surface area contributed by atoms with Gasteiger partial charge in [-0.15, -0.1) is 0 Å². The molecule has 1 rings (SSSR count). The second-order valence-electron chi connectivity index (χ2n) is 3.04. The number of carbonyl (C=O) groups is 1. The van der Waals surface area contributed by atoms with Gasteiger partial charge in [0.05, 0.1) is 25.0 Å². The minimum atomic E-state index is 0.510. The fraction of sp³-hybridized carbons (Fsp3) is 0.250. The maximum Gasteiger partial charge on any atom is 0.153 e. The number of carbonyl (C=O) groups excluding carboxylic acids is 1. The van der Waals surface area contributed by atoms with E-state index in [-0.39, 0.29) is 0 Å². The van der Waals surface area contributed by atoms with Crippen LogP contribution in [0.2, 0.25) is 0 Å².